The highest BCUT2D eigenvalue weighted by Gasteiger charge is 2.22. The van der Waals surface area contributed by atoms with E-state index < -0.39 is 0 Å². The van der Waals surface area contributed by atoms with E-state index >= 15 is 0 Å². The molecule has 0 radical (unpaired) electrons. The molecule has 0 saturated carbocycles. The van der Waals surface area contributed by atoms with E-state index in [1.807, 2.05) is 52.0 Å². The molecule has 1 aromatic heterocycles. The minimum Gasteiger partial charge on any atom is -0.497 e. The van der Waals surface area contributed by atoms with Crippen LogP contribution in [0.25, 0.3) is 0 Å². The van der Waals surface area contributed by atoms with Crippen molar-refractivity contribution in [1.82, 2.24) is 9.97 Å². The molecule has 0 atom stereocenters. The van der Waals surface area contributed by atoms with E-state index in [9.17, 15) is 4.79 Å². The maximum absolute atomic E-state index is 12.9. The van der Waals surface area contributed by atoms with Crippen molar-refractivity contribution in [2.75, 3.05) is 18.2 Å². The van der Waals surface area contributed by atoms with Crippen molar-refractivity contribution in [2.45, 2.75) is 38.6 Å². The number of ether oxygens (including phenoxy) is 1. The maximum Gasteiger partial charge on any atom is 0.260 e. The first-order valence-electron chi connectivity index (χ1n) is 7.93. The number of nitrogens with zero attached hydrogens (tertiary/aromatic N) is 2. The quantitative estimate of drug-likeness (QED) is 0.625. The number of hydrogen-bond donors (Lipinski definition) is 1. The fraction of sp³-hybridized carbons (Fsp3) is 0.389. The summed E-state index contributed by atoms with van der Waals surface area (Å²) in [6.07, 6.45) is 0. The molecule has 1 heterocycles. The Morgan fingerprint density at radius 3 is 2.46 bits per heavy atom. The van der Waals surface area contributed by atoms with Crippen molar-refractivity contribution in [3.05, 3.63) is 41.3 Å². The highest BCUT2D eigenvalue weighted by atomic mass is 32.2. The normalized spacial score (nSPS) is 10.8. The summed E-state index contributed by atoms with van der Waals surface area (Å²) in [5, 5.41) is 3.67. The fourth-order valence-electron chi connectivity index (χ4n) is 2.31. The van der Waals surface area contributed by atoms with Crippen LogP contribution in [0.5, 0.6) is 5.75 Å². The number of carbonyl (C=O) groups is 1. The molecule has 2 rings (SSSR count). The molecule has 0 aliphatic heterocycles. The number of carbonyl (C=O) groups excluding carboxylic acids is 1. The Labute approximate surface area is 147 Å². The van der Waals surface area contributed by atoms with Gasteiger partial charge in [-0.1, -0.05) is 20.8 Å². The first kappa shape index (κ1) is 18.3. The molecule has 1 N–H and O–H groups in total. The second-order valence-electron chi connectivity index (χ2n) is 5.61. The molecule has 0 spiro atoms. The van der Waals surface area contributed by atoms with E-state index in [0.29, 0.717) is 17.1 Å². The number of thioether (sulfide) groups is 1. The number of hydrogen-bond acceptors (Lipinski definition) is 5. The molecule has 128 valence electrons. The smallest absolute Gasteiger partial charge is 0.260 e. The summed E-state index contributed by atoms with van der Waals surface area (Å²) in [6, 6.07) is 7.25. The van der Waals surface area contributed by atoms with Gasteiger partial charge in [-0.2, -0.15) is 0 Å². The number of rotatable bonds is 6. The lowest BCUT2D eigenvalue weighted by molar-refractivity contribution is 0.102. The summed E-state index contributed by atoms with van der Waals surface area (Å²) in [4.78, 5) is 21.8. The van der Waals surface area contributed by atoms with Gasteiger partial charge in [-0.3, -0.25) is 4.79 Å². The molecule has 1 amide bonds. The topological polar surface area (TPSA) is 64.1 Å². The minimum absolute atomic E-state index is 0.138. The number of methoxy groups -OCH3 is 1. The Morgan fingerprint density at radius 2 is 1.92 bits per heavy atom. The van der Waals surface area contributed by atoms with Gasteiger partial charge in [0, 0.05) is 5.69 Å². The molecule has 0 fully saturated rings. The van der Waals surface area contributed by atoms with Gasteiger partial charge in [-0.25, -0.2) is 9.97 Å². The third-order valence-electron chi connectivity index (χ3n) is 3.42. The molecule has 6 heteroatoms. The Kier molecular flexibility index (Phi) is 6.20. The summed E-state index contributed by atoms with van der Waals surface area (Å²) < 4.78 is 5.14. The number of nitrogens with one attached hydrogen (secondary N) is 1. The third-order valence-corrected chi connectivity index (χ3v) is 4.28. The SMILES string of the molecule is CCSc1nc(C)nc(C(C)C)c1C(=O)Nc1ccc(OC)cc1. The van der Waals surface area contributed by atoms with Gasteiger partial charge in [0.1, 0.15) is 16.6 Å². The van der Waals surface area contributed by atoms with Gasteiger partial charge in [0.25, 0.3) is 5.91 Å². The highest BCUT2D eigenvalue weighted by Crippen LogP contribution is 2.28. The molecule has 0 bridgehead atoms. The van der Waals surface area contributed by atoms with Gasteiger partial charge in [-0.05, 0) is 42.9 Å². The van der Waals surface area contributed by atoms with E-state index in [2.05, 4.69) is 15.3 Å². The lowest BCUT2D eigenvalue weighted by atomic mass is 10.0. The van der Waals surface area contributed by atoms with Crippen molar-refractivity contribution in [3.63, 3.8) is 0 Å². The van der Waals surface area contributed by atoms with Crippen molar-refractivity contribution in [2.24, 2.45) is 0 Å². The molecule has 5 nitrogen and oxygen atoms in total. The van der Waals surface area contributed by atoms with Gasteiger partial charge in [-0.15, -0.1) is 11.8 Å². The Bertz CT molecular complexity index is 715. The monoisotopic (exact) mass is 345 g/mol. The van der Waals surface area contributed by atoms with Gasteiger partial charge in [0.2, 0.25) is 0 Å². The lowest BCUT2D eigenvalue weighted by Gasteiger charge is -2.16. The largest absolute Gasteiger partial charge is 0.497 e. The predicted octanol–water partition coefficient (Wildman–Crippen LogP) is 4.28. The maximum atomic E-state index is 12.9. The van der Waals surface area contributed by atoms with Crippen LogP contribution in [0.1, 0.15) is 48.6 Å². The lowest BCUT2D eigenvalue weighted by Crippen LogP contribution is -2.19. The van der Waals surface area contributed by atoms with Crippen molar-refractivity contribution < 1.29 is 9.53 Å². The van der Waals surface area contributed by atoms with Crippen LogP contribution in [0.2, 0.25) is 0 Å². The van der Waals surface area contributed by atoms with E-state index in [1.165, 1.54) is 0 Å². The number of aromatic nitrogens is 2. The minimum atomic E-state index is -0.181. The molecule has 24 heavy (non-hydrogen) atoms. The van der Waals surface area contributed by atoms with Crippen LogP contribution in [-0.4, -0.2) is 28.7 Å². The molecule has 1 aromatic carbocycles. The summed E-state index contributed by atoms with van der Waals surface area (Å²) in [5.74, 6) is 2.24. The number of benzene rings is 1. The first-order valence-corrected chi connectivity index (χ1v) is 8.91. The molecule has 0 aliphatic rings. The third kappa shape index (κ3) is 4.26. The molecular weight excluding hydrogens is 322 g/mol. The van der Waals surface area contributed by atoms with Crippen molar-refractivity contribution in [1.29, 1.82) is 0 Å². The second-order valence-corrected chi connectivity index (χ2v) is 6.86. The van der Waals surface area contributed by atoms with Gasteiger partial charge >= 0.3 is 0 Å². The molecule has 0 saturated heterocycles. The zero-order valence-corrected chi connectivity index (χ0v) is 15.5. The number of amides is 1. The van der Waals surface area contributed by atoms with E-state index in [1.54, 1.807) is 18.9 Å². The summed E-state index contributed by atoms with van der Waals surface area (Å²) in [5.41, 5.74) is 2.06. The molecule has 0 aliphatic carbocycles. The second kappa shape index (κ2) is 8.15. The van der Waals surface area contributed by atoms with Gasteiger partial charge < -0.3 is 10.1 Å². The molecular formula is C18H23N3O2S. The average Bonchev–Trinajstić information content (AvgIpc) is 2.55. The standard InChI is InChI=1S/C18H23N3O2S/c1-6-24-18-15(16(11(2)3)19-12(4)20-18)17(22)21-13-7-9-14(23-5)10-8-13/h7-11H,6H2,1-5H3,(H,21,22). The van der Waals surface area contributed by atoms with Crippen LogP contribution in [0, 0.1) is 6.92 Å². The van der Waals surface area contributed by atoms with E-state index in [0.717, 1.165) is 22.2 Å². The zero-order chi connectivity index (χ0) is 17.7. The van der Waals surface area contributed by atoms with Crippen LogP contribution in [0.15, 0.2) is 29.3 Å². The van der Waals surface area contributed by atoms with Crippen LogP contribution >= 0.6 is 11.8 Å². The van der Waals surface area contributed by atoms with E-state index in [-0.39, 0.29) is 11.8 Å². The van der Waals surface area contributed by atoms with Crippen LogP contribution < -0.4 is 10.1 Å². The van der Waals surface area contributed by atoms with Crippen molar-refractivity contribution >= 4 is 23.4 Å². The molecule has 2 aromatic rings. The zero-order valence-electron chi connectivity index (χ0n) is 14.7. The number of anilines is 1. The summed E-state index contributed by atoms with van der Waals surface area (Å²) in [6.45, 7) is 7.97. The first-order chi connectivity index (χ1) is 11.5. The van der Waals surface area contributed by atoms with Gasteiger partial charge in [0.15, 0.2) is 0 Å². The predicted molar refractivity (Wildman–Crippen MR) is 98.2 cm³/mol. The fourth-order valence-corrected chi connectivity index (χ4v) is 3.12. The Hall–Kier alpha value is -2.08. The van der Waals surface area contributed by atoms with Crippen LogP contribution in [0.4, 0.5) is 5.69 Å². The Morgan fingerprint density at radius 1 is 1.25 bits per heavy atom. The van der Waals surface area contributed by atoms with Crippen molar-refractivity contribution in [3.8, 4) is 5.75 Å². The highest BCUT2D eigenvalue weighted by molar-refractivity contribution is 7.99. The van der Waals surface area contributed by atoms with Crippen LogP contribution in [-0.2, 0) is 0 Å². The molecule has 0 unspecified atom stereocenters. The van der Waals surface area contributed by atoms with Gasteiger partial charge in [0.05, 0.1) is 18.4 Å². The summed E-state index contributed by atoms with van der Waals surface area (Å²) >= 11 is 1.56. The number of aryl methyl sites for hydroxylation is 1. The summed E-state index contributed by atoms with van der Waals surface area (Å²) in [7, 11) is 1.61. The average molecular weight is 345 g/mol. The van der Waals surface area contributed by atoms with Crippen LogP contribution in [0.3, 0.4) is 0 Å². The van der Waals surface area contributed by atoms with E-state index in [4.69, 9.17) is 4.74 Å². The Balaban J connectivity index is 2.38.